The molecule has 1 aliphatic rings. The van der Waals surface area contributed by atoms with E-state index in [2.05, 4.69) is 17.2 Å². The molecule has 2 rings (SSSR count). The molecular weight excluding hydrogens is 214 g/mol. The Bertz CT molecular complexity index is 403. The minimum atomic E-state index is 0.522. The van der Waals surface area contributed by atoms with Crippen LogP contribution in [0.25, 0.3) is 0 Å². The zero-order chi connectivity index (χ0) is 12.4. The molecule has 0 spiro atoms. The highest BCUT2D eigenvalue weighted by molar-refractivity contribution is 5.45. The summed E-state index contributed by atoms with van der Waals surface area (Å²) in [5.74, 6) is 1.59. The van der Waals surface area contributed by atoms with Gasteiger partial charge in [-0.3, -0.25) is 4.68 Å². The molecule has 0 saturated heterocycles. The van der Waals surface area contributed by atoms with Gasteiger partial charge in [0.2, 0.25) is 0 Å². The van der Waals surface area contributed by atoms with Crippen LogP contribution in [0.2, 0.25) is 0 Å². The third kappa shape index (κ3) is 2.56. The Morgan fingerprint density at radius 1 is 1.29 bits per heavy atom. The van der Waals surface area contributed by atoms with Crippen molar-refractivity contribution in [1.82, 2.24) is 9.78 Å². The molecule has 0 radical (unpaired) electrons. The van der Waals surface area contributed by atoms with Gasteiger partial charge in [-0.25, -0.2) is 0 Å². The number of hydrogen-bond acceptors (Lipinski definition) is 3. The molecule has 94 valence electrons. The van der Waals surface area contributed by atoms with E-state index in [1.54, 1.807) is 0 Å². The van der Waals surface area contributed by atoms with Crippen molar-refractivity contribution in [2.75, 3.05) is 0 Å². The van der Waals surface area contributed by atoms with Gasteiger partial charge in [-0.2, -0.15) is 5.10 Å². The summed E-state index contributed by atoms with van der Waals surface area (Å²) in [6.45, 7) is 7.05. The lowest BCUT2D eigenvalue weighted by atomic mass is 9.83. The van der Waals surface area contributed by atoms with Crippen molar-refractivity contribution in [1.29, 1.82) is 0 Å². The van der Waals surface area contributed by atoms with Crippen molar-refractivity contribution in [2.24, 2.45) is 17.0 Å². The molecule has 1 aromatic heterocycles. The van der Waals surface area contributed by atoms with Crippen LogP contribution < -0.4 is 0 Å². The highest BCUT2D eigenvalue weighted by atomic mass is 16.3. The smallest absolute Gasteiger partial charge is 0.151 e. The number of rotatable bonds is 3. The van der Waals surface area contributed by atoms with Gasteiger partial charge in [-0.05, 0) is 43.7 Å². The normalized spacial score (nSPS) is 24.9. The van der Waals surface area contributed by atoms with E-state index in [1.165, 1.54) is 25.7 Å². The molecule has 1 fully saturated rings. The summed E-state index contributed by atoms with van der Waals surface area (Å²) in [7, 11) is 0. The monoisotopic (exact) mass is 235 g/mol. The Hall–Kier alpha value is -1.19. The van der Waals surface area contributed by atoms with Gasteiger partial charge in [0.25, 0.3) is 0 Å². The Labute approximate surface area is 102 Å². The molecule has 1 heterocycles. The fraction of sp³-hybridized carbons (Fsp3) is 0.769. The van der Waals surface area contributed by atoms with Crippen LogP contribution in [-0.2, 0) is 6.54 Å². The van der Waals surface area contributed by atoms with Gasteiger partial charge < -0.3 is 0 Å². The third-order valence-electron chi connectivity index (χ3n) is 4.00. The molecule has 4 nitrogen and oxygen atoms in total. The summed E-state index contributed by atoms with van der Waals surface area (Å²) in [5, 5.41) is 7.48. The summed E-state index contributed by atoms with van der Waals surface area (Å²) >= 11 is 0. The Morgan fingerprint density at radius 3 is 2.47 bits per heavy atom. The molecule has 1 saturated carbocycles. The minimum Gasteiger partial charge on any atom is -0.267 e. The van der Waals surface area contributed by atoms with E-state index >= 15 is 0 Å². The van der Waals surface area contributed by atoms with Crippen LogP contribution >= 0.6 is 0 Å². The average molecular weight is 235 g/mol. The number of nitroso groups, excluding NO2 is 1. The van der Waals surface area contributed by atoms with E-state index in [1.807, 2.05) is 18.5 Å². The second-order valence-electron chi connectivity index (χ2n) is 5.42. The Morgan fingerprint density at radius 2 is 1.94 bits per heavy atom. The summed E-state index contributed by atoms with van der Waals surface area (Å²) in [5.41, 5.74) is 2.19. The molecule has 0 aliphatic heterocycles. The molecule has 0 unspecified atom stereocenters. The van der Waals surface area contributed by atoms with Gasteiger partial charge in [0.15, 0.2) is 5.69 Å². The predicted molar refractivity (Wildman–Crippen MR) is 68.3 cm³/mol. The van der Waals surface area contributed by atoms with E-state index in [0.29, 0.717) is 11.6 Å². The van der Waals surface area contributed by atoms with Crippen molar-refractivity contribution >= 4 is 5.69 Å². The standard InChI is InChI=1S/C13H21N3O/c1-9-4-6-12(7-5-9)8-16-11(3)13(15-17)10(2)14-16/h9,12H,4-8H2,1-3H3. The van der Waals surface area contributed by atoms with Crippen molar-refractivity contribution in [3.05, 3.63) is 16.3 Å². The van der Waals surface area contributed by atoms with Crippen molar-refractivity contribution < 1.29 is 0 Å². The van der Waals surface area contributed by atoms with Crippen LogP contribution in [0.4, 0.5) is 5.69 Å². The van der Waals surface area contributed by atoms with Crippen LogP contribution in [0.1, 0.15) is 44.0 Å². The molecule has 1 aromatic rings. The first-order valence-corrected chi connectivity index (χ1v) is 6.49. The van der Waals surface area contributed by atoms with E-state index in [0.717, 1.165) is 23.9 Å². The third-order valence-corrected chi connectivity index (χ3v) is 4.00. The van der Waals surface area contributed by atoms with Gasteiger partial charge in [0, 0.05) is 6.54 Å². The number of nitrogens with zero attached hydrogens (tertiary/aromatic N) is 3. The van der Waals surface area contributed by atoms with E-state index in [4.69, 9.17) is 0 Å². The maximum absolute atomic E-state index is 10.7. The summed E-state index contributed by atoms with van der Waals surface area (Å²) < 4.78 is 1.96. The highest BCUT2D eigenvalue weighted by Crippen LogP contribution is 2.31. The van der Waals surface area contributed by atoms with E-state index in [-0.39, 0.29) is 0 Å². The van der Waals surface area contributed by atoms with E-state index in [9.17, 15) is 4.91 Å². The second-order valence-corrected chi connectivity index (χ2v) is 5.42. The fourth-order valence-corrected chi connectivity index (χ4v) is 2.75. The molecule has 4 heteroatoms. The zero-order valence-electron chi connectivity index (χ0n) is 10.9. The molecule has 1 aliphatic carbocycles. The predicted octanol–water partition coefficient (Wildman–Crippen LogP) is 3.72. The fourth-order valence-electron chi connectivity index (χ4n) is 2.75. The first kappa shape index (κ1) is 12.3. The van der Waals surface area contributed by atoms with Crippen molar-refractivity contribution in [2.45, 2.75) is 53.0 Å². The quantitative estimate of drug-likeness (QED) is 0.749. The van der Waals surface area contributed by atoms with Crippen molar-refractivity contribution in [3.8, 4) is 0 Å². The molecular formula is C13H21N3O. The van der Waals surface area contributed by atoms with Crippen LogP contribution in [0.15, 0.2) is 5.18 Å². The topological polar surface area (TPSA) is 47.2 Å². The number of aromatic nitrogens is 2. The molecule has 0 amide bonds. The lowest BCUT2D eigenvalue weighted by Crippen LogP contribution is -2.19. The van der Waals surface area contributed by atoms with Gasteiger partial charge in [0.1, 0.15) is 0 Å². The van der Waals surface area contributed by atoms with Gasteiger partial charge in [-0.15, -0.1) is 4.91 Å². The lowest BCUT2D eigenvalue weighted by molar-refractivity contribution is 0.256. The lowest BCUT2D eigenvalue weighted by Gasteiger charge is -2.26. The molecule has 0 aromatic carbocycles. The summed E-state index contributed by atoms with van der Waals surface area (Å²) in [6.07, 6.45) is 5.21. The van der Waals surface area contributed by atoms with Crippen LogP contribution in [-0.4, -0.2) is 9.78 Å². The molecule has 0 N–H and O–H groups in total. The summed E-state index contributed by atoms with van der Waals surface area (Å²) in [6, 6.07) is 0. The average Bonchev–Trinajstić information content (AvgIpc) is 2.57. The van der Waals surface area contributed by atoms with Crippen LogP contribution in [0, 0.1) is 30.6 Å². The summed E-state index contributed by atoms with van der Waals surface area (Å²) in [4.78, 5) is 10.7. The molecule has 0 bridgehead atoms. The van der Waals surface area contributed by atoms with Crippen LogP contribution in [0.3, 0.4) is 0 Å². The van der Waals surface area contributed by atoms with Gasteiger partial charge in [-0.1, -0.05) is 19.8 Å². The largest absolute Gasteiger partial charge is 0.267 e. The van der Waals surface area contributed by atoms with Crippen molar-refractivity contribution in [3.63, 3.8) is 0 Å². The second kappa shape index (κ2) is 4.98. The van der Waals surface area contributed by atoms with Gasteiger partial charge >= 0.3 is 0 Å². The van der Waals surface area contributed by atoms with E-state index < -0.39 is 0 Å². The SMILES string of the molecule is Cc1nn(CC2CCC(C)CC2)c(C)c1N=O. The van der Waals surface area contributed by atoms with Crippen LogP contribution in [0.5, 0.6) is 0 Å². The maximum atomic E-state index is 10.7. The van der Waals surface area contributed by atoms with Gasteiger partial charge in [0.05, 0.1) is 11.4 Å². The highest BCUT2D eigenvalue weighted by Gasteiger charge is 2.20. The maximum Gasteiger partial charge on any atom is 0.151 e. The zero-order valence-corrected chi connectivity index (χ0v) is 10.9. The Kier molecular flexibility index (Phi) is 3.60. The minimum absolute atomic E-state index is 0.522. The molecule has 17 heavy (non-hydrogen) atoms. The number of aryl methyl sites for hydroxylation is 1. The molecule has 0 atom stereocenters. The first-order chi connectivity index (χ1) is 8.11. The number of hydrogen-bond donors (Lipinski definition) is 0. The Balaban J connectivity index is 2.06. The first-order valence-electron chi connectivity index (χ1n) is 6.49.